The average Bonchev–Trinajstić information content (AvgIpc) is 2.71. The highest BCUT2D eigenvalue weighted by atomic mass is 32.2. The van der Waals surface area contributed by atoms with Crippen LogP contribution in [0.3, 0.4) is 0 Å². The number of carbonyl (C=O) groups is 2. The molecule has 0 saturated carbocycles. The molecule has 0 spiro atoms. The highest BCUT2D eigenvalue weighted by Crippen LogP contribution is 2.30. The Morgan fingerprint density at radius 2 is 1.19 bits per heavy atom. The van der Waals surface area contributed by atoms with E-state index >= 15 is 0 Å². The van der Waals surface area contributed by atoms with Gasteiger partial charge >= 0.3 is 6.03 Å². The molecule has 10 nitrogen and oxygen atoms in total. The maximum Gasteiger partial charge on any atom is 0.329 e. The van der Waals surface area contributed by atoms with Crippen LogP contribution in [0, 0.1) is 0 Å². The van der Waals surface area contributed by atoms with Crippen LogP contribution >= 0.6 is 0 Å². The Hall–Kier alpha value is -3.31. The lowest BCUT2D eigenvalue weighted by Crippen LogP contribution is -2.46. The van der Waals surface area contributed by atoms with E-state index < -0.39 is 40.9 Å². The molecule has 174 valence electrons. The zero-order chi connectivity index (χ0) is 24.1. The summed E-state index contributed by atoms with van der Waals surface area (Å²) in [5.41, 5.74) is 8.15. The maximum atomic E-state index is 13.5. The summed E-state index contributed by atoms with van der Waals surface area (Å²) in [5.74, 6) is -1.53. The van der Waals surface area contributed by atoms with Crippen LogP contribution in [0.1, 0.15) is 0 Å². The minimum Gasteiger partial charge on any atom is -0.378 e. The number of rotatable bonds is 9. The fraction of sp³-hybridized carbons (Fsp3) is 0.333. The molecule has 2 aromatic carbocycles. The summed E-state index contributed by atoms with van der Waals surface area (Å²) < 4.78 is 31.6. The fourth-order valence-electron chi connectivity index (χ4n) is 2.97. The van der Waals surface area contributed by atoms with Crippen LogP contribution in [0.5, 0.6) is 0 Å². The Balaban J connectivity index is 2.51. The van der Waals surface area contributed by atoms with Gasteiger partial charge in [0.15, 0.2) is 0 Å². The molecule has 0 aromatic heterocycles. The van der Waals surface area contributed by atoms with Crippen molar-refractivity contribution in [2.45, 2.75) is 0 Å². The summed E-state index contributed by atoms with van der Waals surface area (Å²) in [5, 5.41) is 0. The molecular weight excluding hydrogens is 434 g/mol. The van der Waals surface area contributed by atoms with Gasteiger partial charge in [0, 0.05) is 46.1 Å². The molecule has 2 rings (SSSR count). The van der Waals surface area contributed by atoms with E-state index in [4.69, 9.17) is 10.3 Å². The Morgan fingerprint density at radius 1 is 0.812 bits per heavy atom. The molecule has 32 heavy (non-hydrogen) atoms. The second kappa shape index (κ2) is 10.3. The van der Waals surface area contributed by atoms with Crippen LogP contribution in [-0.2, 0) is 14.9 Å². The van der Waals surface area contributed by atoms with Crippen molar-refractivity contribution in [2.75, 3.05) is 61.7 Å². The SMILES string of the molecule is CN(C)c1ccc(N(C(=O)N(CCS(=O)(=O)O)CC(N)=O)c2ccc(N(C)C)cc2)cc1. The van der Waals surface area contributed by atoms with Crippen LogP contribution in [0.4, 0.5) is 27.5 Å². The lowest BCUT2D eigenvalue weighted by atomic mass is 10.2. The molecule has 11 heteroatoms. The molecule has 0 heterocycles. The van der Waals surface area contributed by atoms with Gasteiger partial charge in [-0.15, -0.1) is 0 Å². The quantitative estimate of drug-likeness (QED) is 0.542. The molecule has 0 atom stereocenters. The van der Waals surface area contributed by atoms with Crippen LogP contribution in [0.2, 0.25) is 0 Å². The van der Waals surface area contributed by atoms with E-state index in [1.54, 1.807) is 24.3 Å². The standard InChI is InChI=1S/C21H29N5O5S/c1-23(2)16-5-9-18(10-6-16)26(19-11-7-17(8-12-19)24(3)4)21(28)25(15-20(22)27)13-14-32(29,30)31/h5-12H,13-15H2,1-4H3,(H2,22,27)(H,29,30,31). The Kier molecular flexibility index (Phi) is 8.06. The van der Waals surface area contributed by atoms with Crippen LogP contribution in [0.15, 0.2) is 48.5 Å². The number of benzene rings is 2. The molecule has 0 aliphatic carbocycles. The summed E-state index contributed by atoms with van der Waals surface area (Å²) in [6, 6.07) is 13.7. The van der Waals surface area contributed by atoms with Crippen molar-refractivity contribution in [2.24, 2.45) is 5.73 Å². The van der Waals surface area contributed by atoms with Crippen molar-refractivity contribution in [3.8, 4) is 0 Å². The topological polar surface area (TPSA) is 127 Å². The summed E-state index contributed by atoms with van der Waals surface area (Å²) in [7, 11) is 3.21. The number of anilines is 4. The highest BCUT2D eigenvalue weighted by molar-refractivity contribution is 7.85. The number of hydrogen-bond acceptors (Lipinski definition) is 6. The van der Waals surface area contributed by atoms with Crippen molar-refractivity contribution >= 4 is 44.8 Å². The Labute approximate surface area is 188 Å². The first-order chi connectivity index (χ1) is 14.9. The van der Waals surface area contributed by atoms with Gasteiger partial charge in [0.05, 0.1) is 17.1 Å². The van der Waals surface area contributed by atoms with E-state index in [9.17, 15) is 18.0 Å². The van der Waals surface area contributed by atoms with Crippen molar-refractivity contribution in [3.05, 3.63) is 48.5 Å². The van der Waals surface area contributed by atoms with Gasteiger partial charge in [-0.3, -0.25) is 14.2 Å². The van der Waals surface area contributed by atoms with E-state index in [0.717, 1.165) is 16.3 Å². The molecule has 0 radical (unpaired) electrons. The Morgan fingerprint density at radius 3 is 1.50 bits per heavy atom. The average molecular weight is 464 g/mol. The summed E-state index contributed by atoms with van der Waals surface area (Å²) in [6.07, 6.45) is 0. The van der Waals surface area contributed by atoms with Crippen molar-refractivity contribution < 1.29 is 22.6 Å². The third-order valence-electron chi connectivity index (χ3n) is 4.68. The minimum absolute atomic E-state index is 0.400. The second-order valence-electron chi connectivity index (χ2n) is 7.61. The number of hydrogen-bond donors (Lipinski definition) is 2. The lowest BCUT2D eigenvalue weighted by Gasteiger charge is -2.30. The van der Waals surface area contributed by atoms with Crippen molar-refractivity contribution in [1.82, 2.24) is 4.90 Å². The van der Waals surface area contributed by atoms with Gasteiger partial charge in [0.1, 0.15) is 6.54 Å². The Bertz CT molecular complexity index is 986. The molecule has 3 amide bonds. The zero-order valence-electron chi connectivity index (χ0n) is 18.6. The van der Waals surface area contributed by atoms with Crippen molar-refractivity contribution in [1.29, 1.82) is 0 Å². The monoisotopic (exact) mass is 463 g/mol. The maximum absolute atomic E-state index is 13.5. The fourth-order valence-corrected chi connectivity index (χ4v) is 3.42. The predicted molar refractivity (Wildman–Crippen MR) is 126 cm³/mol. The molecule has 0 saturated heterocycles. The first kappa shape index (κ1) is 25.0. The lowest BCUT2D eigenvalue weighted by molar-refractivity contribution is -0.118. The smallest absolute Gasteiger partial charge is 0.329 e. The molecular formula is C21H29N5O5S. The van der Waals surface area contributed by atoms with Crippen molar-refractivity contribution in [3.63, 3.8) is 0 Å². The number of amides is 3. The number of carbonyl (C=O) groups excluding carboxylic acids is 2. The van der Waals surface area contributed by atoms with E-state index in [-0.39, 0.29) is 0 Å². The van der Waals surface area contributed by atoms with Gasteiger partial charge in [0.2, 0.25) is 5.91 Å². The molecule has 0 bridgehead atoms. The number of nitrogens with two attached hydrogens (primary N) is 1. The van der Waals surface area contributed by atoms with E-state index in [0.29, 0.717) is 11.4 Å². The molecule has 0 unspecified atom stereocenters. The summed E-state index contributed by atoms with van der Waals surface area (Å²) in [6.45, 7) is -0.904. The van der Waals surface area contributed by atoms with Gasteiger partial charge in [0.25, 0.3) is 10.1 Å². The van der Waals surface area contributed by atoms with Gasteiger partial charge in [-0.2, -0.15) is 8.42 Å². The largest absolute Gasteiger partial charge is 0.378 e. The van der Waals surface area contributed by atoms with Gasteiger partial charge < -0.3 is 20.4 Å². The first-order valence-electron chi connectivity index (χ1n) is 9.76. The molecule has 0 aliphatic heterocycles. The molecule has 2 aromatic rings. The third kappa shape index (κ3) is 6.86. The van der Waals surface area contributed by atoms with E-state index in [2.05, 4.69) is 0 Å². The molecule has 3 N–H and O–H groups in total. The van der Waals surface area contributed by atoms with Crippen LogP contribution in [-0.4, -0.2) is 76.8 Å². The first-order valence-corrected chi connectivity index (χ1v) is 11.4. The predicted octanol–water partition coefficient (Wildman–Crippen LogP) is 1.75. The number of nitrogens with zero attached hydrogens (tertiary/aromatic N) is 4. The normalized spacial score (nSPS) is 11.0. The molecule has 0 aliphatic rings. The highest BCUT2D eigenvalue weighted by Gasteiger charge is 2.26. The minimum atomic E-state index is -4.35. The number of urea groups is 1. The van der Waals surface area contributed by atoms with Gasteiger partial charge in [-0.25, -0.2) is 4.79 Å². The summed E-state index contributed by atoms with van der Waals surface area (Å²) >= 11 is 0. The van der Waals surface area contributed by atoms with E-state index in [1.807, 2.05) is 62.3 Å². The molecule has 0 fully saturated rings. The third-order valence-corrected chi connectivity index (χ3v) is 5.37. The van der Waals surface area contributed by atoms with Crippen LogP contribution in [0.25, 0.3) is 0 Å². The zero-order valence-corrected chi connectivity index (χ0v) is 19.4. The van der Waals surface area contributed by atoms with Gasteiger partial charge in [-0.05, 0) is 48.5 Å². The van der Waals surface area contributed by atoms with Crippen LogP contribution < -0.4 is 20.4 Å². The van der Waals surface area contributed by atoms with E-state index in [1.165, 1.54) is 4.90 Å². The summed E-state index contributed by atoms with van der Waals surface area (Å²) in [4.78, 5) is 31.2. The second-order valence-corrected chi connectivity index (χ2v) is 9.19. The van der Waals surface area contributed by atoms with Gasteiger partial charge in [-0.1, -0.05) is 0 Å². The number of primary amides is 1.